The van der Waals surface area contributed by atoms with Crippen molar-refractivity contribution in [3.8, 4) is 0 Å². The van der Waals surface area contributed by atoms with Gasteiger partial charge in [-0.25, -0.2) is 4.79 Å². The third-order valence-corrected chi connectivity index (χ3v) is 3.77. The summed E-state index contributed by atoms with van der Waals surface area (Å²) in [6, 6.07) is -0.0824. The molecule has 6 heteroatoms. The van der Waals surface area contributed by atoms with Crippen molar-refractivity contribution < 1.29 is 4.74 Å². The Kier molecular flexibility index (Phi) is 3.64. The maximum Gasteiger partial charge on any atom is 0.329 e. The van der Waals surface area contributed by atoms with E-state index < -0.39 is 5.69 Å². The lowest BCUT2D eigenvalue weighted by atomic mass is 9.89. The van der Waals surface area contributed by atoms with E-state index in [2.05, 4.69) is 4.98 Å². The van der Waals surface area contributed by atoms with Crippen LogP contribution in [0.2, 0.25) is 5.15 Å². The molecule has 0 amide bonds. The molecular formula is C12H17ClN2O3. The highest BCUT2D eigenvalue weighted by atomic mass is 35.5. The van der Waals surface area contributed by atoms with Gasteiger partial charge in [0.15, 0.2) is 0 Å². The average molecular weight is 273 g/mol. The number of rotatable bonds is 3. The molecule has 0 aliphatic heterocycles. The Hall–Kier alpha value is -1.07. The first-order chi connectivity index (χ1) is 8.45. The number of aromatic amines is 1. The number of nitrogens with one attached hydrogen (secondary N) is 1. The second-order valence-electron chi connectivity index (χ2n) is 4.97. The van der Waals surface area contributed by atoms with Crippen molar-refractivity contribution in [2.45, 2.75) is 44.8 Å². The number of nitrogens with zero attached hydrogens (tertiary/aromatic N) is 1. The summed E-state index contributed by atoms with van der Waals surface area (Å²) in [5.74, 6) is -0.0219. The van der Waals surface area contributed by atoms with Gasteiger partial charge in [0.1, 0.15) is 5.15 Å². The average Bonchev–Trinajstić information content (AvgIpc) is 2.19. The molecule has 5 nitrogen and oxygen atoms in total. The van der Waals surface area contributed by atoms with Gasteiger partial charge in [-0.05, 0) is 18.8 Å². The van der Waals surface area contributed by atoms with Crippen molar-refractivity contribution in [3.05, 3.63) is 31.6 Å². The van der Waals surface area contributed by atoms with E-state index in [-0.39, 0.29) is 28.8 Å². The van der Waals surface area contributed by atoms with Crippen LogP contribution < -0.4 is 11.2 Å². The third kappa shape index (κ3) is 2.12. The molecule has 1 aliphatic carbocycles. The van der Waals surface area contributed by atoms with Crippen molar-refractivity contribution in [1.29, 1.82) is 0 Å². The van der Waals surface area contributed by atoms with Crippen LogP contribution in [0.4, 0.5) is 0 Å². The fraction of sp³-hybridized carbons (Fsp3) is 0.667. The Morgan fingerprint density at radius 3 is 2.50 bits per heavy atom. The predicted octanol–water partition coefficient (Wildman–Crippen LogP) is 1.66. The summed E-state index contributed by atoms with van der Waals surface area (Å²) in [6.45, 7) is 3.76. The minimum Gasteiger partial charge on any atom is -0.381 e. The van der Waals surface area contributed by atoms with Gasteiger partial charge in [-0.3, -0.25) is 14.3 Å². The number of halogens is 1. The van der Waals surface area contributed by atoms with E-state index in [9.17, 15) is 9.59 Å². The van der Waals surface area contributed by atoms with Crippen LogP contribution in [0.25, 0.3) is 0 Å². The van der Waals surface area contributed by atoms with Gasteiger partial charge >= 0.3 is 5.69 Å². The highest BCUT2D eigenvalue weighted by Gasteiger charge is 2.33. The van der Waals surface area contributed by atoms with E-state index in [1.54, 1.807) is 7.11 Å². The number of hydrogen-bond donors (Lipinski definition) is 1. The minimum absolute atomic E-state index is 0.0219. The van der Waals surface area contributed by atoms with E-state index in [1.807, 2.05) is 13.8 Å². The molecule has 1 aromatic rings. The molecule has 0 atom stereocenters. The summed E-state index contributed by atoms with van der Waals surface area (Å²) in [7, 11) is 1.63. The van der Waals surface area contributed by atoms with Crippen molar-refractivity contribution in [2.24, 2.45) is 0 Å². The molecule has 0 bridgehead atoms. The molecule has 1 aliphatic rings. The zero-order valence-electron chi connectivity index (χ0n) is 10.7. The van der Waals surface area contributed by atoms with Gasteiger partial charge < -0.3 is 4.74 Å². The number of ether oxygens (including phenoxy) is 1. The van der Waals surface area contributed by atoms with Crippen molar-refractivity contribution in [1.82, 2.24) is 9.55 Å². The number of aromatic nitrogens is 2. The Balaban J connectivity index is 2.46. The summed E-state index contributed by atoms with van der Waals surface area (Å²) < 4.78 is 6.44. The number of hydrogen-bond acceptors (Lipinski definition) is 3. The maximum atomic E-state index is 12.3. The van der Waals surface area contributed by atoms with Crippen LogP contribution in [-0.4, -0.2) is 22.8 Å². The van der Waals surface area contributed by atoms with Gasteiger partial charge in [-0.2, -0.15) is 0 Å². The Labute approximate surface area is 110 Å². The van der Waals surface area contributed by atoms with Gasteiger partial charge in [0.25, 0.3) is 5.56 Å². The van der Waals surface area contributed by atoms with Crippen LogP contribution in [0, 0.1) is 0 Å². The van der Waals surface area contributed by atoms with Crippen molar-refractivity contribution in [2.75, 3.05) is 7.11 Å². The van der Waals surface area contributed by atoms with E-state index in [4.69, 9.17) is 16.3 Å². The summed E-state index contributed by atoms with van der Waals surface area (Å²) in [4.78, 5) is 26.7. The lowest BCUT2D eigenvalue weighted by molar-refractivity contribution is 0.00373. The topological polar surface area (TPSA) is 64.1 Å². The van der Waals surface area contributed by atoms with Crippen molar-refractivity contribution >= 4 is 11.6 Å². The smallest absolute Gasteiger partial charge is 0.329 e. The normalized spacial score (nSPS) is 23.2. The monoisotopic (exact) mass is 272 g/mol. The largest absolute Gasteiger partial charge is 0.381 e. The van der Waals surface area contributed by atoms with E-state index in [0.717, 1.165) is 0 Å². The molecule has 0 saturated heterocycles. The summed E-state index contributed by atoms with van der Waals surface area (Å²) in [6.07, 6.45) is 1.52. The maximum absolute atomic E-state index is 12.3. The molecule has 0 radical (unpaired) electrons. The fourth-order valence-corrected chi connectivity index (χ4v) is 2.69. The van der Waals surface area contributed by atoms with Gasteiger partial charge in [0.2, 0.25) is 0 Å². The minimum atomic E-state index is -0.436. The van der Waals surface area contributed by atoms with E-state index in [1.165, 1.54) is 4.57 Å². The Bertz CT molecular complexity index is 555. The second kappa shape index (κ2) is 4.90. The fourth-order valence-electron chi connectivity index (χ4n) is 2.31. The van der Waals surface area contributed by atoms with Crippen LogP contribution in [-0.2, 0) is 4.74 Å². The van der Waals surface area contributed by atoms with E-state index in [0.29, 0.717) is 18.4 Å². The first-order valence-electron chi connectivity index (χ1n) is 6.02. The van der Waals surface area contributed by atoms with Gasteiger partial charge in [0, 0.05) is 13.2 Å². The zero-order valence-corrected chi connectivity index (χ0v) is 11.5. The lowest BCUT2D eigenvalue weighted by Crippen LogP contribution is -2.46. The van der Waals surface area contributed by atoms with Crippen LogP contribution in [0.5, 0.6) is 0 Å². The zero-order chi connectivity index (χ0) is 13.4. The number of H-pyrrole nitrogens is 1. The summed E-state index contributed by atoms with van der Waals surface area (Å²) in [5, 5.41) is 0.152. The van der Waals surface area contributed by atoms with Gasteiger partial charge in [-0.1, -0.05) is 25.4 Å². The van der Waals surface area contributed by atoms with Crippen LogP contribution in [0.3, 0.4) is 0 Å². The predicted molar refractivity (Wildman–Crippen MR) is 69.5 cm³/mol. The SMILES string of the molecule is COC1CC(n2c(=O)[nH]c(Cl)c(C(C)C)c2=O)C1. The van der Waals surface area contributed by atoms with Crippen LogP contribution >= 0.6 is 11.6 Å². The van der Waals surface area contributed by atoms with Crippen molar-refractivity contribution in [3.63, 3.8) is 0 Å². The second-order valence-corrected chi connectivity index (χ2v) is 5.35. The molecule has 1 fully saturated rings. The third-order valence-electron chi connectivity index (χ3n) is 3.47. The van der Waals surface area contributed by atoms with Crippen LogP contribution in [0.15, 0.2) is 9.59 Å². The quantitative estimate of drug-likeness (QED) is 0.851. The molecule has 100 valence electrons. The molecule has 18 heavy (non-hydrogen) atoms. The van der Waals surface area contributed by atoms with Crippen LogP contribution in [0.1, 0.15) is 44.2 Å². The summed E-state index contributed by atoms with van der Waals surface area (Å²) >= 11 is 5.93. The number of methoxy groups -OCH3 is 1. The molecule has 2 rings (SSSR count). The first-order valence-corrected chi connectivity index (χ1v) is 6.40. The molecule has 0 spiro atoms. The standard InChI is InChI=1S/C12H17ClN2O3/c1-6(2)9-10(13)14-12(17)15(11(9)16)7-4-8(5-7)18-3/h6-8H,4-5H2,1-3H3,(H,14,17). The first kappa shape index (κ1) is 13.4. The molecule has 1 N–H and O–H groups in total. The highest BCUT2D eigenvalue weighted by Crippen LogP contribution is 2.32. The summed E-state index contributed by atoms with van der Waals surface area (Å²) in [5.41, 5.74) is -0.246. The Morgan fingerprint density at radius 1 is 1.39 bits per heavy atom. The lowest BCUT2D eigenvalue weighted by Gasteiger charge is -2.34. The highest BCUT2D eigenvalue weighted by molar-refractivity contribution is 6.30. The molecule has 0 aromatic carbocycles. The molecule has 0 unspecified atom stereocenters. The molecule has 1 heterocycles. The van der Waals surface area contributed by atoms with Gasteiger partial charge in [-0.15, -0.1) is 0 Å². The molecular weight excluding hydrogens is 256 g/mol. The Morgan fingerprint density at radius 2 is 2.00 bits per heavy atom. The molecule has 1 saturated carbocycles. The van der Waals surface area contributed by atoms with Gasteiger partial charge in [0.05, 0.1) is 11.7 Å². The molecule has 1 aromatic heterocycles. The van der Waals surface area contributed by atoms with E-state index >= 15 is 0 Å².